The molecule has 0 radical (unpaired) electrons. The zero-order valence-corrected chi connectivity index (χ0v) is 24.4. The van der Waals surface area contributed by atoms with Gasteiger partial charge in [0.05, 0.1) is 42.2 Å². The number of halogens is 1. The topological polar surface area (TPSA) is 178 Å². The summed E-state index contributed by atoms with van der Waals surface area (Å²) < 4.78 is 20.0. The maximum atomic E-state index is 13.9. The van der Waals surface area contributed by atoms with Gasteiger partial charge in [-0.05, 0) is 48.9 Å². The summed E-state index contributed by atoms with van der Waals surface area (Å²) in [6, 6.07) is 5.02. The van der Waals surface area contributed by atoms with Crippen LogP contribution in [0.15, 0.2) is 29.1 Å². The van der Waals surface area contributed by atoms with E-state index in [9.17, 15) is 23.6 Å². The van der Waals surface area contributed by atoms with E-state index in [0.29, 0.717) is 13.0 Å². The fourth-order valence-electron chi connectivity index (χ4n) is 5.95. The molecule has 1 aromatic heterocycles. The molecule has 43 heavy (non-hydrogen) atoms. The average Bonchev–Trinajstić information content (AvgIpc) is 3.72. The van der Waals surface area contributed by atoms with Gasteiger partial charge in [-0.15, -0.1) is 11.3 Å². The number of carbonyl (C=O) groups is 4. The molecule has 234 valence electrons. The number of nitrogens with zero attached hydrogens (tertiary/aromatic N) is 3. The van der Waals surface area contributed by atoms with Gasteiger partial charge >= 0.3 is 17.9 Å². The molecule has 1 spiro atoms. The third-order valence-corrected chi connectivity index (χ3v) is 8.84. The number of aliphatic carboxylic acids is 3. The van der Waals surface area contributed by atoms with Crippen molar-refractivity contribution in [1.29, 1.82) is 0 Å². The minimum atomic E-state index is -2.74. The summed E-state index contributed by atoms with van der Waals surface area (Å²) in [6.07, 6.45) is 2.30. The van der Waals surface area contributed by atoms with Gasteiger partial charge in [-0.25, -0.2) is 14.2 Å². The Bertz CT molecular complexity index is 1290. The second-order valence-electron chi connectivity index (χ2n) is 11.3. The molecule has 5 rings (SSSR count). The van der Waals surface area contributed by atoms with Crippen molar-refractivity contribution in [3.05, 3.63) is 51.7 Å². The van der Waals surface area contributed by atoms with E-state index in [1.807, 2.05) is 21.9 Å². The van der Waals surface area contributed by atoms with Crippen LogP contribution in [0.5, 0.6) is 0 Å². The van der Waals surface area contributed by atoms with Crippen molar-refractivity contribution in [1.82, 2.24) is 14.8 Å². The summed E-state index contributed by atoms with van der Waals surface area (Å²) >= 11 is 1.58. The van der Waals surface area contributed by atoms with Gasteiger partial charge in [-0.1, -0.05) is 6.07 Å². The fourth-order valence-corrected chi connectivity index (χ4v) is 6.52. The second kappa shape index (κ2) is 13.9. The predicted octanol–water partition coefficient (Wildman–Crippen LogP) is 2.34. The van der Waals surface area contributed by atoms with Crippen LogP contribution in [0.25, 0.3) is 0 Å². The van der Waals surface area contributed by atoms with Crippen molar-refractivity contribution < 1.29 is 48.7 Å². The van der Waals surface area contributed by atoms with Crippen molar-refractivity contribution in [2.75, 3.05) is 32.7 Å². The number of ether oxygens (including phenoxy) is 1. The normalized spacial score (nSPS) is 18.5. The summed E-state index contributed by atoms with van der Waals surface area (Å²) in [5.41, 5.74) is 1.87. The van der Waals surface area contributed by atoms with Crippen molar-refractivity contribution >= 4 is 35.2 Å². The van der Waals surface area contributed by atoms with Crippen LogP contribution in [0.3, 0.4) is 0 Å². The van der Waals surface area contributed by atoms with Crippen LogP contribution in [-0.4, -0.2) is 97.3 Å². The maximum absolute atomic E-state index is 13.9. The minimum absolute atomic E-state index is 0.0616. The van der Waals surface area contributed by atoms with Crippen LogP contribution >= 0.6 is 11.3 Å². The number of amides is 1. The monoisotopic (exact) mass is 621 g/mol. The Hall–Kier alpha value is -3.46. The molecule has 1 amide bonds. The number of piperidine rings is 1. The summed E-state index contributed by atoms with van der Waals surface area (Å²) in [6.45, 7) is 4.79. The van der Waals surface area contributed by atoms with E-state index in [1.165, 1.54) is 6.07 Å². The molecule has 0 aliphatic carbocycles. The molecular formula is C29H36FN3O9S. The highest BCUT2D eigenvalue weighted by Gasteiger charge is 2.44. The Labute approximate surface area is 251 Å². The third-order valence-electron chi connectivity index (χ3n) is 8.20. The van der Waals surface area contributed by atoms with Gasteiger partial charge in [-0.2, -0.15) is 0 Å². The smallest absolute Gasteiger partial charge is 0.336 e. The highest BCUT2D eigenvalue weighted by Crippen LogP contribution is 2.44. The van der Waals surface area contributed by atoms with E-state index < -0.39 is 36.4 Å². The number of carboxylic acids is 3. The van der Waals surface area contributed by atoms with E-state index in [0.717, 1.165) is 75.2 Å². The highest BCUT2D eigenvalue weighted by molar-refractivity contribution is 7.07. The Morgan fingerprint density at radius 2 is 1.70 bits per heavy atom. The summed E-state index contributed by atoms with van der Waals surface area (Å²) in [5, 5.41) is 35.9. The highest BCUT2D eigenvalue weighted by atomic mass is 32.1. The predicted molar refractivity (Wildman–Crippen MR) is 151 cm³/mol. The minimum Gasteiger partial charge on any atom is -0.481 e. The molecule has 1 unspecified atom stereocenters. The first-order chi connectivity index (χ1) is 20.4. The van der Waals surface area contributed by atoms with Crippen LogP contribution < -0.4 is 0 Å². The molecule has 0 saturated carbocycles. The Morgan fingerprint density at radius 1 is 1.05 bits per heavy atom. The largest absolute Gasteiger partial charge is 0.481 e. The first kappa shape index (κ1) is 32.5. The van der Waals surface area contributed by atoms with Gasteiger partial charge in [0.25, 0.3) is 0 Å². The van der Waals surface area contributed by atoms with E-state index in [-0.39, 0.29) is 23.2 Å². The molecule has 2 aromatic rings. The number of likely N-dealkylation sites (tertiary alicyclic amines) is 2. The second-order valence-corrected chi connectivity index (χ2v) is 12.0. The van der Waals surface area contributed by atoms with Gasteiger partial charge in [0.15, 0.2) is 5.60 Å². The number of fused-ring (bicyclic) bond motifs is 2. The number of hydrogen-bond donors (Lipinski definition) is 4. The standard InChI is InChI=1S/C23H28FN3O2S.C6H8O7/c24-19-4-3-17-14-29-23(21(17)12-19)5-9-26(10-6-23)13-18(11-20-15-30-16-25-20)22(28)27-7-1-2-8-27;7-3(8)1-6(13,5(11)12)2-4(9)10/h3-4,12,15-16,18H,1-2,5-11,13-14H2;13H,1-2H2,(H,7,8)(H,9,10)(H,11,12). The number of hydrogen-bond acceptors (Lipinski definition) is 9. The molecule has 4 N–H and O–H groups in total. The molecule has 0 bridgehead atoms. The van der Waals surface area contributed by atoms with Crippen molar-refractivity contribution in [2.24, 2.45) is 5.92 Å². The number of thiazole rings is 1. The number of benzene rings is 1. The Balaban J connectivity index is 0.000000277. The van der Waals surface area contributed by atoms with E-state index in [2.05, 4.69) is 9.88 Å². The molecule has 3 aliphatic heterocycles. The van der Waals surface area contributed by atoms with Crippen molar-refractivity contribution in [2.45, 2.75) is 62.8 Å². The fraction of sp³-hybridized carbons (Fsp3) is 0.552. The van der Waals surface area contributed by atoms with Crippen molar-refractivity contribution in [3.8, 4) is 0 Å². The summed E-state index contributed by atoms with van der Waals surface area (Å²) in [5.74, 6) is -5.01. The SMILES string of the molecule is O=C(C(Cc1cscn1)CN1CCC2(CC1)OCc1ccc(F)cc12)N1CCCC1.O=C(O)CC(O)(CC(=O)O)C(=O)O. The number of aliphatic hydroxyl groups is 1. The molecular weight excluding hydrogens is 585 g/mol. The quantitative estimate of drug-likeness (QED) is 0.306. The lowest BCUT2D eigenvalue weighted by atomic mass is 9.83. The molecule has 1 aromatic carbocycles. The lowest BCUT2D eigenvalue weighted by molar-refractivity contribution is -0.170. The van der Waals surface area contributed by atoms with Crippen LogP contribution in [0.2, 0.25) is 0 Å². The van der Waals surface area contributed by atoms with E-state index >= 15 is 0 Å². The Morgan fingerprint density at radius 3 is 2.26 bits per heavy atom. The third kappa shape index (κ3) is 8.13. The molecule has 2 fully saturated rings. The lowest BCUT2D eigenvalue weighted by Crippen LogP contribution is -2.47. The number of carboxylic acid groups (broad SMARTS) is 3. The number of carbonyl (C=O) groups excluding carboxylic acids is 1. The molecule has 14 heteroatoms. The van der Waals surface area contributed by atoms with Crippen LogP contribution in [0.4, 0.5) is 4.39 Å². The number of rotatable bonds is 10. The van der Waals surface area contributed by atoms with Gasteiger partial charge in [0, 0.05) is 44.5 Å². The molecule has 3 aliphatic rings. The average molecular weight is 622 g/mol. The van der Waals surface area contributed by atoms with Crippen LogP contribution in [0, 0.1) is 11.7 Å². The zero-order valence-electron chi connectivity index (χ0n) is 23.6. The zero-order chi connectivity index (χ0) is 31.2. The first-order valence-corrected chi connectivity index (χ1v) is 15.1. The van der Waals surface area contributed by atoms with Gasteiger partial charge < -0.3 is 35.0 Å². The van der Waals surface area contributed by atoms with Crippen molar-refractivity contribution in [3.63, 3.8) is 0 Å². The molecule has 1 atom stereocenters. The van der Waals surface area contributed by atoms with E-state index in [1.54, 1.807) is 17.4 Å². The number of aromatic nitrogens is 1. The molecule has 12 nitrogen and oxygen atoms in total. The van der Waals surface area contributed by atoms with E-state index in [4.69, 9.17) is 25.2 Å². The van der Waals surface area contributed by atoms with Crippen LogP contribution in [-0.2, 0) is 42.5 Å². The molecule has 2 saturated heterocycles. The maximum Gasteiger partial charge on any atom is 0.336 e. The van der Waals surface area contributed by atoms with Gasteiger partial charge in [0.2, 0.25) is 5.91 Å². The Kier molecular flexibility index (Phi) is 10.5. The van der Waals surface area contributed by atoms with Gasteiger partial charge in [0.1, 0.15) is 5.82 Å². The summed E-state index contributed by atoms with van der Waals surface area (Å²) in [7, 11) is 0. The van der Waals surface area contributed by atoms with Gasteiger partial charge in [-0.3, -0.25) is 14.4 Å². The summed E-state index contributed by atoms with van der Waals surface area (Å²) in [4.78, 5) is 52.5. The molecule has 4 heterocycles. The van der Waals surface area contributed by atoms with Crippen LogP contribution in [0.1, 0.15) is 55.3 Å². The first-order valence-electron chi connectivity index (χ1n) is 14.1. The lowest BCUT2D eigenvalue weighted by Gasteiger charge is -2.40.